The van der Waals surface area contributed by atoms with Crippen molar-refractivity contribution in [2.75, 3.05) is 0 Å². The maximum Gasteiger partial charge on any atom is -0.0187 e. The van der Waals surface area contributed by atoms with Gasteiger partial charge in [-0.15, -0.1) is 0 Å². The van der Waals surface area contributed by atoms with Crippen molar-refractivity contribution in [2.45, 2.75) is 162 Å². The first kappa shape index (κ1) is 33.5. The van der Waals surface area contributed by atoms with Crippen LogP contribution in [0.5, 0.6) is 0 Å². The molecule has 0 aromatic rings. The van der Waals surface area contributed by atoms with Crippen molar-refractivity contribution in [1.29, 1.82) is 0 Å². The van der Waals surface area contributed by atoms with Gasteiger partial charge in [-0.1, -0.05) is 162 Å². The van der Waals surface area contributed by atoms with Gasteiger partial charge in [0, 0.05) is 0 Å². The molecule has 0 fully saturated rings. The van der Waals surface area contributed by atoms with Gasteiger partial charge in [-0.25, -0.2) is 0 Å². The number of hydrogen-bond donors (Lipinski definition) is 0. The molecule has 0 nitrogen and oxygen atoms in total. The van der Waals surface area contributed by atoms with E-state index in [9.17, 15) is 0 Å². The standard InChI is InChI=1S/C25H63Si7/c1-22(2,3)29(14,15)27(30(16,17)23(4,5)6)26(13)28(31(18,19)24(7,8)9)32(20,21)25(10,11)12/h1-21H3/q-1. The van der Waals surface area contributed by atoms with E-state index >= 15 is 0 Å². The average molecular weight is 560 g/mol. The maximum absolute atomic E-state index is 2.95. The minimum Gasteiger partial charge on any atom is -0.187 e. The second kappa shape index (κ2) is 9.43. The summed E-state index contributed by atoms with van der Waals surface area (Å²) in [7, 11) is -6.36. The lowest BCUT2D eigenvalue weighted by molar-refractivity contribution is 0.728. The van der Waals surface area contributed by atoms with E-state index in [1.165, 1.54) is 0 Å². The van der Waals surface area contributed by atoms with Crippen LogP contribution >= 0.6 is 0 Å². The smallest absolute Gasteiger partial charge is 0.0187 e. The number of hydrogen-bond acceptors (Lipinski definition) is 0. The largest absolute Gasteiger partial charge is 0.187 e. The molecule has 0 saturated heterocycles. The highest BCUT2D eigenvalue weighted by Crippen LogP contribution is 2.48. The fourth-order valence-corrected chi connectivity index (χ4v) is 197. The van der Waals surface area contributed by atoms with E-state index in [0.29, 0.717) is 20.2 Å². The van der Waals surface area contributed by atoms with Crippen molar-refractivity contribution < 1.29 is 0 Å². The molecule has 0 aliphatic rings. The molecule has 0 unspecified atom stereocenters. The van der Waals surface area contributed by atoms with Crippen LogP contribution in [0, 0.1) is 0 Å². The van der Waals surface area contributed by atoms with Gasteiger partial charge in [0.05, 0.1) is 0 Å². The van der Waals surface area contributed by atoms with Crippen molar-refractivity contribution in [3.8, 4) is 0 Å². The molecule has 192 valence electrons. The zero-order chi connectivity index (χ0) is 26.7. The monoisotopic (exact) mass is 559 g/mol. The Labute approximate surface area is 213 Å². The van der Waals surface area contributed by atoms with Crippen LogP contribution in [0.3, 0.4) is 0 Å². The third kappa shape index (κ3) is 6.07. The molecule has 0 aromatic carbocycles. The topological polar surface area (TPSA) is 0 Å². The van der Waals surface area contributed by atoms with Gasteiger partial charge in [-0.2, -0.15) is 21.7 Å². The lowest BCUT2D eigenvalue weighted by Crippen LogP contribution is -2.77. The lowest BCUT2D eigenvalue weighted by atomic mass is 10.2. The van der Waals surface area contributed by atoms with Crippen LogP contribution in [0.1, 0.15) is 83.1 Å². The molecule has 0 spiro atoms. The van der Waals surface area contributed by atoms with Gasteiger partial charge in [-0.3, -0.25) is 0 Å². The highest BCUT2D eigenvalue weighted by atomic mass is 30.0. The van der Waals surface area contributed by atoms with Crippen LogP contribution in [0.25, 0.3) is 0 Å². The Morgan fingerprint density at radius 3 is 0.812 bits per heavy atom. The summed E-state index contributed by atoms with van der Waals surface area (Å²) in [5.74, 6) is 0. The molecule has 0 heterocycles. The fraction of sp³-hybridized carbons (Fsp3) is 1.00. The summed E-state index contributed by atoms with van der Waals surface area (Å²) >= 11 is 0. The van der Waals surface area contributed by atoms with Crippen molar-refractivity contribution in [1.82, 2.24) is 0 Å². The van der Waals surface area contributed by atoms with Crippen LogP contribution in [0.15, 0.2) is 0 Å². The van der Waals surface area contributed by atoms with Gasteiger partial charge < -0.3 is 0 Å². The Balaban J connectivity index is 7.94. The highest BCUT2D eigenvalue weighted by Gasteiger charge is 2.51. The Kier molecular flexibility index (Phi) is 9.88. The van der Waals surface area contributed by atoms with E-state index in [1.807, 2.05) is 0 Å². The van der Waals surface area contributed by atoms with Crippen molar-refractivity contribution in [3.05, 3.63) is 0 Å². The summed E-state index contributed by atoms with van der Waals surface area (Å²) in [6.07, 6.45) is 0. The summed E-state index contributed by atoms with van der Waals surface area (Å²) in [6, 6.07) is 0. The van der Waals surface area contributed by atoms with Gasteiger partial charge in [0.1, 0.15) is 0 Å². The Morgan fingerprint density at radius 1 is 0.438 bits per heavy atom. The molecule has 7 heteroatoms. The molecule has 0 saturated carbocycles. The SMILES string of the molecule is C[Si](=[Si]([Si](C)(C)C(C)(C)C)[Si](C)(C)C(C)(C)C)[Si-]([Si](C)(C)C(C)(C)C)[Si](C)(C)C(C)(C)C. The van der Waals surface area contributed by atoms with Gasteiger partial charge >= 0.3 is 0 Å². The number of rotatable bonds is 5. The van der Waals surface area contributed by atoms with Crippen LogP contribution in [0.2, 0.25) is 79.1 Å². The summed E-state index contributed by atoms with van der Waals surface area (Å²) in [5.41, 5.74) is 0. The summed E-state index contributed by atoms with van der Waals surface area (Å²) < 4.78 is 0. The summed E-state index contributed by atoms with van der Waals surface area (Å²) in [4.78, 5) is 0. The summed E-state index contributed by atoms with van der Waals surface area (Å²) in [5, 5.41) is 2.04. The Hall–Kier alpha value is 1.52. The van der Waals surface area contributed by atoms with Gasteiger partial charge in [0.2, 0.25) is 0 Å². The fourth-order valence-electron chi connectivity index (χ4n) is 5.06. The van der Waals surface area contributed by atoms with Crippen molar-refractivity contribution >= 4 is 52.0 Å². The second-order valence-corrected chi connectivity index (χ2v) is 77.6. The van der Waals surface area contributed by atoms with Crippen LogP contribution < -0.4 is 0 Å². The highest BCUT2D eigenvalue weighted by molar-refractivity contribution is 7.87. The molecule has 0 amide bonds. The van der Waals surface area contributed by atoms with Crippen LogP contribution in [0.4, 0.5) is 0 Å². The normalized spacial score (nSPS) is 15.7. The molecule has 32 heavy (non-hydrogen) atoms. The zero-order valence-electron chi connectivity index (χ0n) is 26.5. The van der Waals surface area contributed by atoms with Crippen molar-refractivity contribution in [2.24, 2.45) is 0 Å². The molecule has 0 atom stereocenters. The molecule has 0 aliphatic heterocycles. The minimum atomic E-state index is -1.40. The molecule has 0 aromatic heterocycles. The Morgan fingerprint density at radius 2 is 0.656 bits per heavy atom. The third-order valence-corrected chi connectivity index (χ3v) is 133. The second-order valence-electron chi connectivity index (χ2n) is 16.9. The summed E-state index contributed by atoms with van der Waals surface area (Å²) in [6.45, 7) is 56.9. The predicted octanol–water partition coefficient (Wildman–Crippen LogP) is 9.61. The van der Waals surface area contributed by atoms with Gasteiger partial charge in [0.15, 0.2) is 0 Å². The van der Waals surface area contributed by atoms with Crippen LogP contribution in [-0.2, 0) is 0 Å². The minimum absolute atomic E-state index is 0.373. The average Bonchev–Trinajstić information content (AvgIpc) is 2.40. The molecule has 0 aliphatic carbocycles. The van der Waals surface area contributed by atoms with E-state index in [4.69, 9.17) is 0 Å². The quantitative estimate of drug-likeness (QED) is 0.294. The first-order chi connectivity index (χ1) is 13.4. The molecule has 0 radical (unpaired) electrons. The molecule has 0 N–H and O–H groups in total. The van der Waals surface area contributed by atoms with E-state index in [1.54, 1.807) is 0 Å². The van der Waals surface area contributed by atoms with Gasteiger partial charge in [0.25, 0.3) is 0 Å². The van der Waals surface area contributed by atoms with E-state index < -0.39 is 30.4 Å². The zero-order valence-corrected chi connectivity index (χ0v) is 33.5. The van der Waals surface area contributed by atoms with Crippen molar-refractivity contribution in [3.63, 3.8) is 0 Å². The first-order valence-electron chi connectivity index (χ1n) is 13.0. The molecular formula is C25H63Si7-. The molecule has 0 rings (SSSR count). The first-order valence-corrected chi connectivity index (χ1v) is 36.0. The van der Waals surface area contributed by atoms with E-state index in [-0.39, 0.29) is 21.7 Å². The molecule has 0 bridgehead atoms. The van der Waals surface area contributed by atoms with Gasteiger partial charge in [-0.05, 0) is 30.4 Å². The maximum atomic E-state index is 2.95. The van der Waals surface area contributed by atoms with Crippen LogP contribution in [-0.4, -0.2) is 52.0 Å². The lowest BCUT2D eigenvalue weighted by Gasteiger charge is -2.64. The third-order valence-electron chi connectivity index (χ3n) is 10.8. The van der Waals surface area contributed by atoms with E-state index in [2.05, 4.69) is 142 Å². The predicted molar refractivity (Wildman–Crippen MR) is 172 cm³/mol. The Bertz CT molecular complexity index is 647. The molecular weight excluding hydrogens is 497 g/mol. The van der Waals surface area contributed by atoms with E-state index in [0.717, 1.165) is 0 Å².